The van der Waals surface area contributed by atoms with Gasteiger partial charge in [-0.2, -0.15) is 0 Å². The Morgan fingerprint density at radius 1 is 1.15 bits per heavy atom. The van der Waals surface area contributed by atoms with Crippen molar-refractivity contribution >= 4 is 17.5 Å². The van der Waals surface area contributed by atoms with Crippen molar-refractivity contribution in [2.24, 2.45) is 0 Å². The Morgan fingerprint density at radius 2 is 1.81 bits per heavy atom. The van der Waals surface area contributed by atoms with Crippen molar-refractivity contribution in [2.75, 3.05) is 31.5 Å². The first-order valence-corrected chi connectivity index (χ1v) is 9.35. The first kappa shape index (κ1) is 20.2. The van der Waals surface area contributed by atoms with Crippen LogP contribution >= 0.6 is 0 Å². The second kappa shape index (κ2) is 8.98. The summed E-state index contributed by atoms with van der Waals surface area (Å²) >= 11 is 0. The maximum Gasteiger partial charge on any atom is 0.274 e. The third-order valence-corrected chi connectivity index (χ3v) is 4.83. The van der Waals surface area contributed by atoms with Crippen LogP contribution in [0.4, 0.5) is 5.69 Å². The van der Waals surface area contributed by atoms with E-state index in [1.807, 2.05) is 11.8 Å². The van der Waals surface area contributed by atoms with Gasteiger partial charge in [-0.1, -0.05) is 6.92 Å². The molecule has 0 atom stereocenters. The van der Waals surface area contributed by atoms with Gasteiger partial charge in [-0.25, -0.2) is 0 Å². The van der Waals surface area contributed by atoms with Crippen LogP contribution in [0.3, 0.4) is 0 Å². The third kappa shape index (κ3) is 4.94. The number of piperazine rings is 1. The highest BCUT2D eigenvalue weighted by Gasteiger charge is 2.23. The molecule has 2 rings (SSSR count). The minimum Gasteiger partial charge on any atom is -0.339 e. The highest BCUT2D eigenvalue weighted by molar-refractivity contribution is 5.90. The summed E-state index contributed by atoms with van der Waals surface area (Å²) in [6.07, 6.45) is 1.08. The van der Waals surface area contributed by atoms with Crippen LogP contribution in [0.2, 0.25) is 0 Å². The molecule has 0 saturated carbocycles. The molecule has 0 unspecified atom stereocenters. The van der Waals surface area contributed by atoms with Crippen LogP contribution in [0.1, 0.15) is 39.3 Å². The van der Waals surface area contributed by atoms with Gasteiger partial charge in [0.15, 0.2) is 0 Å². The molecule has 0 aromatic carbocycles. The largest absolute Gasteiger partial charge is 0.339 e. The molecule has 144 valence electrons. The van der Waals surface area contributed by atoms with Crippen molar-refractivity contribution in [1.29, 1.82) is 0 Å². The number of pyridine rings is 1. The predicted molar refractivity (Wildman–Crippen MR) is 102 cm³/mol. The quantitative estimate of drug-likeness (QED) is 0.831. The number of amides is 2. The Labute approximate surface area is 155 Å². The molecule has 1 N–H and O–H groups in total. The van der Waals surface area contributed by atoms with Crippen LogP contribution in [-0.2, 0) is 16.1 Å². The van der Waals surface area contributed by atoms with Gasteiger partial charge in [0.2, 0.25) is 11.8 Å². The molecule has 1 aromatic rings. The summed E-state index contributed by atoms with van der Waals surface area (Å²) in [5.41, 5.74) is 0.604. The topological polar surface area (TPSA) is 74.7 Å². The van der Waals surface area contributed by atoms with Gasteiger partial charge in [-0.05, 0) is 39.3 Å². The zero-order valence-corrected chi connectivity index (χ0v) is 16.2. The number of carbonyl (C=O) groups is 2. The first-order valence-electron chi connectivity index (χ1n) is 9.35. The summed E-state index contributed by atoms with van der Waals surface area (Å²) in [6, 6.07) is 3.83. The van der Waals surface area contributed by atoms with Gasteiger partial charge in [0.05, 0.1) is 0 Å². The van der Waals surface area contributed by atoms with Crippen molar-refractivity contribution in [2.45, 2.75) is 53.1 Å². The van der Waals surface area contributed by atoms with E-state index >= 15 is 0 Å². The van der Waals surface area contributed by atoms with Crippen LogP contribution in [0.25, 0.3) is 0 Å². The van der Waals surface area contributed by atoms with Crippen molar-refractivity contribution in [3.63, 3.8) is 0 Å². The zero-order valence-electron chi connectivity index (χ0n) is 16.2. The molecule has 0 radical (unpaired) electrons. The molecule has 7 nitrogen and oxygen atoms in total. The Kier molecular flexibility index (Phi) is 6.97. The second-order valence-corrected chi connectivity index (χ2v) is 7.09. The lowest BCUT2D eigenvalue weighted by Gasteiger charge is -2.37. The average molecular weight is 362 g/mol. The lowest BCUT2D eigenvalue weighted by Crippen LogP contribution is -2.51. The fourth-order valence-electron chi connectivity index (χ4n) is 3.13. The zero-order chi connectivity index (χ0) is 19.3. The number of aromatic nitrogens is 1. The highest BCUT2D eigenvalue weighted by atomic mass is 16.2. The minimum absolute atomic E-state index is 0.00380. The second-order valence-electron chi connectivity index (χ2n) is 7.09. The Hall–Kier alpha value is -2.15. The van der Waals surface area contributed by atoms with E-state index in [0.717, 1.165) is 13.1 Å². The molecule has 1 fully saturated rings. The Morgan fingerprint density at radius 3 is 2.38 bits per heavy atom. The molecule has 7 heteroatoms. The molecule has 0 bridgehead atoms. The molecular weight excluding hydrogens is 332 g/mol. The van der Waals surface area contributed by atoms with Gasteiger partial charge in [0.25, 0.3) is 5.56 Å². The standard InChI is InChI=1S/C19H30N4O3/c1-5-6-17(24)20-16-8-7-15(4)23(19(16)26)13-18(25)22-11-9-21(10-12-22)14(2)3/h7-8,14H,5-6,9-13H2,1-4H3,(H,20,24). The Balaban J connectivity index is 2.08. The highest BCUT2D eigenvalue weighted by Crippen LogP contribution is 2.09. The fraction of sp³-hybridized carbons (Fsp3) is 0.632. The molecule has 1 aliphatic rings. The molecule has 1 aliphatic heterocycles. The number of aryl methyl sites for hydroxylation is 1. The van der Waals surface area contributed by atoms with E-state index in [1.54, 1.807) is 19.1 Å². The summed E-state index contributed by atoms with van der Waals surface area (Å²) in [6.45, 7) is 11.1. The molecular formula is C19H30N4O3. The number of carbonyl (C=O) groups excluding carboxylic acids is 2. The van der Waals surface area contributed by atoms with Crippen LogP contribution in [0.15, 0.2) is 16.9 Å². The maximum absolute atomic E-state index is 12.7. The number of nitrogens with one attached hydrogen (secondary N) is 1. The number of hydrogen-bond donors (Lipinski definition) is 1. The average Bonchev–Trinajstić information content (AvgIpc) is 2.61. The van der Waals surface area contributed by atoms with Gasteiger partial charge in [0, 0.05) is 44.3 Å². The number of nitrogens with zero attached hydrogens (tertiary/aromatic N) is 3. The molecule has 0 aliphatic carbocycles. The Bertz CT molecular complexity index is 703. The summed E-state index contributed by atoms with van der Waals surface area (Å²) in [5, 5.41) is 2.65. The summed E-state index contributed by atoms with van der Waals surface area (Å²) in [5.74, 6) is -0.244. The van der Waals surface area contributed by atoms with E-state index in [9.17, 15) is 14.4 Å². The number of hydrogen-bond acceptors (Lipinski definition) is 4. The van der Waals surface area contributed by atoms with Crippen LogP contribution in [-0.4, -0.2) is 58.4 Å². The summed E-state index contributed by atoms with van der Waals surface area (Å²) in [7, 11) is 0. The lowest BCUT2D eigenvalue weighted by atomic mass is 10.2. The van der Waals surface area contributed by atoms with E-state index < -0.39 is 0 Å². The summed E-state index contributed by atoms with van der Waals surface area (Å²) < 4.78 is 1.44. The van der Waals surface area contributed by atoms with Gasteiger partial charge >= 0.3 is 0 Å². The van der Waals surface area contributed by atoms with Crippen molar-refractivity contribution in [3.8, 4) is 0 Å². The van der Waals surface area contributed by atoms with Crippen LogP contribution < -0.4 is 10.9 Å². The molecule has 1 aromatic heterocycles. The normalized spacial score (nSPS) is 15.3. The van der Waals surface area contributed by atoms with E-state index in [4.69, 9.17) is 0 Å². The van der Waals surface area contributed by atoms with Gasteiger partial charge in [-0.3, -0.25) is 19.3 Å². The van der Waals surface area contributed by atoms with E-state index in [2.05, 4.69) is 24.1 Å². The molecule has 0 spiro atoms. The van der Waals surface area contributed by atoms with Crippen molar-refractivity contribution in [3.05, 3.63) is 28.2 Å². The van der Waals surface area contributed by atoms with Gasteiger partial charge < -0.3 is 14.8 Å². The molecule has 26 heavy (non-hydrogen) atoms. The summed E-state index contributed by atoms with van der Waals surface area (Å²) in [4.78, 5) is 41.2. The third-order valence-electron chi connectivity index (χ3n) is 4.83. The smallest absolute Gasteiger partial charge is 0.274 e. The van der Waals surface area contributed by atoms with Crippen molar-refractivity contribution in [1.82, 2.24) is 14.4 Å². The first-order chi connectivity index (χ1) is 12.3. The molecule has 2 amide bonds. The SMILES string of the molecule is CCCC(=O)Nc1ccc(C)n(CC(=O)N2CCN(C(C)C)CC2)c1=O. The predicted octanol–water partition coefficient (Wildman–Crippen LogP) is 1.45. The molecule has 2 heterocycles. The minimum atomic E-state index is -0.330. The number of anilines is 1. The van der Waals surface area contributed by atoms with Gasteiger partial charge in [0.1, 0.15) is 12.2 Å². The fourth-order valence-corrected chi connectivity index (χ4v) is 3.13. The van der Waals surface area contributed by atoms with E-state index in [0.29, 0.717) is 37.7 Å². The van der Waals surface area contributed by atoms with Crippen LogP contribution in [0, 0.1) is 6.92 Å². The number of rotatable bonds is 6. The lowest BCUT2D eigenvalue weighted by molar-refractivity contribution is -0.133. The van der Waals surface area contributed by atoms with Crippen LogP contribution in [0.5, 0.6) is 0 Å². The monoisotopic (exact) mass is 362 g/mol. The maximum atomic E-state index is 12.7. The van der Waals surface area contributed by atoms with E-state index in [-0.39, 0.29) is 29.6 Å². The van der Waals surface area contributed by atoms with E-state index in [1.165, 1.54) is 4.57 Å². The molecule has 1 saturated heterocycles. The van der Waals surface area contributed by atoms with Crippen molar-refractivity contribution < 1.29 is 9.59 Å². The van der Waals surface area contributed by atoms with Gasteiger partial charge in [-0.15, -0.1) is 0 Å².